The summed E-state index contributed by atoms with van der Waals surface area (Å²) >= 11 is 3.38. The molecule has 1 aromatic carbocycles. The first-order chi connectivity index (χ1) is 5.24. The van der Waals surface area contributed by atoms with E-state index < -0.39 is 0 Å². The molecule has 0 aliphatic heterocycles. The highest BCUT2D eigenvalue weighted by atomic mass is 79.9. The second kappa shape index (κ2) is 3.74. The average molecular weight is 217 g/mol. The van der Waals surface area contributed by atoms with Crippen molar-refractivity contribution in [2.45, 2.75) is 6.92 Å². The average Bonchev–Trinajstić information content (AvgIpc) is 1.98. The molecule has 0 atom stereocenters. The van der Waals surface area contributed by atoms with Crippen LogP contribution in [0.15, 0.2) is 22.7 Å². The Morgan fingerprint density at radius 2 is 2.27 bits per heavy atom. The Hall–Kier alpha value is -0.540. The van der Waals surface area contributed by atoms with Crippen LogP contribution in [0.4, 0.5) is 5.69 Å². The van der Waals surface area contributed by atoms with Gasteiger partial charge in [0.15, 0.2) is 0 Å². The molecule has 60 valence electrons. The maximum Gasteiger partial charge on any atom is 0.139 e. The summed E-state index contributed by atoms with van der Waals surface area (Å²) < 4.78 is 6.31. The van der Waals surface area contributed by atoms with E-state index in [9.17, 15) is 0 Å². The molecule has 0 aliphatic rings. The molecule has 3 heteroatoms. The summed E-state index contributed by atoms with van der Waals surface area (Å²) in [5.74, 6) is 0.861. The molecule has 0 aromatic heterocycles. The summed E-state index contributed by atoms with van der Waals surface area (Å²) in [6.07, 6.45) is 0. The second-order valence-electron chi connectivity index (χ2n) is 2.20. The van der Waals surface area contributed by atoms with Gasteiger partial charge < -0.3 is 10.5 Å². The molecule has 0 radical (unpaired) electrons. The molecular weight excluding hydrogens is 206 g/mol. The van der Waals surface area contributed by atoms with E-state index in [-0.39, 0.29) is 0 Å². The van der Waals surface area contributed by atoms with Crippen LogP contribution in [-0.4, -0.2) is 6.61 Å². The third-order valence-corrected chi connectivity index (χ3v) is 1.95. The molecule has 1 rings (SSSR count). The van der Waals surface area contributed by atoms with Crippen molar-refractivity contribution in [3.8, 4) is 5.75 Å². The lowest BCUT2D eigenvalue weighted by Gasteiger charge is -2.03. The van der Waals surface area contributed by atoms with Crippen LogP contribution in [-0.2, 0) is 0 Å². The first-order valence-corrected chi connectivity index (χ1v) is 4.27. The number of quaternary nitrogens is 1. The van der Waals surface area contributed by atoms with Crippen molar-refractivity contribution >= 4 is 21.6 Å². The zero-order valence-corrected chi connectivity index (χ0v) is 8.02. The first-order valence-electron chi connectivity index (χ1n) is 3.48. The van der Waals surface area contributed by atoms with Crippen molar-refractivity contribution < 1.29 is 10.5 Å². The van der Waals surface area contributed by atoms with Crippen molar-refractivity contribution in [1.29, 1.82) is 0 Å². The van der Waals surface area contributed by atoms with Gasteiger partial charge in [-0.3, -0.25) is 0 Å². The third-order valence-electron chi connectivity index (χ3n) is 1.30. The van der Waals surface area contributed by atoms with Crippen LogP contribution < -0.4 is 10.5 Å². The molecule has 0 unspecified atom stereocenters. The van der Waals surface area contributed by atoms with E-state index in [4.69, 9.17) is 4.74 Å². The fourth-order valence-electron chi connectivity index (χ4n) is 0.814. The summed E-state index contributed by atoms with van der Waals surface area (Å²) in [5.41, 5.74) is 4.77. The number of rotatable bonds is 2. The van der Waals surface area contributed by atoms with Crippen LogP contribution in [0.1, 0.15) is 6.92 Å². The molecule has 0 spiro atoms. The largest absolute Gasteiger partial charge is 0.492 e. The Morgan fingerprint density at radius 3 is 2.91 bits per heavy atom. The minimum Gasteiger partial charge on any atom is -0.492 e. The molecule has 0 aliphatic carbocycles. The fraction of sp³-hybridized carbons (Fsp3) is 0.250. The second-order valence-corrected chi connectivity index (χ2v) is 3.05. The van der Waals surface area contributed by atoms with Crippen LogP contribution in [0, 0.1) is 0 Å². The van der Waals surface area contributed by atoms with E-state index in [1.165, 1.54) is 0 Å². The molecule has 0 fully saturated rings. The van der Waals surface area contributed by atoms with Gasteiger partial charge in [0.05, 0.1) is 11.1 Å². The van der Waals surface area contributed by atoms with Crippen LogP contribution in [0.2, 0.25) is 0 Å². The van der Waals surface area contributed by atoms with Gasteiger partial charge in [0, 0.05) is 12.1 Å². The molecule has 0 bridgehead atoms. The highest BCUT2D eigenvalue weighted by molar-refractivity contribution is 9.10. The van der Waals surface area contributed by atoms with Gasteiger partial charge in [-0.25, -0.2) is 0 Å². The van der Waals surface area contributed by atoms with Crippen LogP contribution in [0.3, 0.4) is 0 Å². The lowest BCUT2D eigenvalue weighted by Crippen LogP contribution is -2.39. The molecule has 0 amide bonds. The van der Waals surface area contributed by atoms with Crippen molar-refractivity contribution in [3.63, 3.8) is 0 Å². The number of hydrogen-bond acceptors (Lipinski definition) is 1. The normalized spacial score (nSPS) is 9.73. The van der Waals surface area contributed by atoms with Gasteiger partial charge in [-0.2, -0.15) is 0 Å². The lowest BCUT2D eigenvalue weighted by atomic mass is 10.3. The smallest absolute Gasteiger partial charge is 0.139 e. The van der Waals surface area contributed by atoms with Crippen molar-refractivity contribution in [2.75, 3.05) is 6.61 Å². The zero-order chi connectivity index (χ0) is 8.27. The Kier molecular flexibility index (Phi) is 2.91. The first kappa shape index (κ1) is 8.56. The van der Waals surface area contributed by atoms with E-state index in [1.807, 2.05) is 25.1 Å². The van der Waals surface area contributed by atoms with Crippen LogP contribution >= 0.6 is 15.9 Å². The molecule has 3 N–H and O–H groups in total. The molecule has 0 heterocycles. The monoisotopic (exact) mass is 216 g/mol. The number of hydrogen-bond donors (Lipinski definition) is 1. The molecule has 11 heavy (non-hydrogen) atoms. The predicted octanol–water partition coefficient (Wildman–Crippen LogP) is 1.72. The topological polar surface area (TPSA) is 36.9 Å². The minimum absolute atomic E-state index is 0.683. The van der Waals surface area contributed by atoms with E-state index in [0.29, 0.717) is 6.61 Å². The quantitative estimate of drug-likeness (QED) is 0.804. The maximum atomic E-state index is 5.33. The van der Waals surface area contributed by atoms with Crippen molar-refractivity contribution in [2.24, 2.45) is 0 Å². The molecule has 0 saturated heterocycles. The van der Waals surface area contributed by atoms with E-state index in [1.54, 1.807) is 0 Å². The van der Waals surface area contributed by atoms with Gasteiger partial charge in [-0.15, -0.1) is 0 Å². The summed E-state index contributed by atoms with van der Waals surface area (Å²) in [5, 5.41) is 0. The molecule has 1 aromatic rings. The van der Waals surface area contributed by atoms with Gasteiger partial charge in [-0.1, -0.05) is 0 Å². The molecule has 0 saturated carbocycles. The standard InChI is InChI=1S/C8H10BrNO/c1-2-11-8-5-6(10)3-4-7(8)9/h3-5H,2,10H2,1H3/p+1. The summed E-state index contributed by atoms with van der Waals surface area (Å²) in [7, 11) is 0. The fourth-order valence-corrected chi connectivity index (χ4v) is 1.17. The zero-order valence-electron chi connectivity index (χ0n) is 6.43. The Bertz CT molecular complexity index is 250. The summed E-state index contributed by atoms with van der Waals surface area (Å²) in [6, 6.07) is 5.79. The summed E-state index contributed by atoms with van der Waals surface area (Å²) in [4.78, 5) is 0. The van der Waals surface area contributed by atoms with Crippen molar-refractivity contribution in [1.82, 2.24) is 0 Å². The molecule has 2 nitrogen and oxygen atoms in total. The number of ether oxygens (including phenoxy) is 1. The number of benzene rings is 1. The van der Waals surface area contributed by atoms with Gasteiger partial charge >= 0.3 is 0 Å². The predicted molar refractivity (Wildman–Crippen MR) is 47.9 cm³/mol. The van der Waals surface area contributed by atoms with Gasteiger partial charge in [0.2, 0.25) is 0 Å². The summed E-state index contributed by atoms with van der Waals surface area (Å²) in [6.45, 7) is 2.64. The van der Waals surface area contributed by atoms with Gasteiger partial charge in [-0.05, 0) is 28.9 Å². The maximum absolute atomic E-state index is 5.33. The highest BCUT2D eigenvalue weighted by Crippen LogP contribution is 2.26. The SMILES string of the molecule is CCOc1cc([NH3+])ccc1Br. The number of halogens is 1. The molecular formula is C8H11BrNO+. The van der Waals surface area contributed by atoms with Crippen LogP contribution in [0.5, 0.6) is 5.75 Å². The van der Waals surface area contributed by atoms with Gasteiger partial charge in [0.25, 0.3) is 0 Å². The Balaban J connectivity index is 2.93. The van der Waals surface area contributed by atoms with Crippen LogP contribution in [0.25, 0.3) is 0 Å². The van der Waals surface area contributed by atoms with E-state index >= 15 is 0 Å². The lowest BCUT2D eigenvalue weighted by molar-refractivity contribution is -0.254. The Labute approximate surface area is 74.5 Å². The van der Waals surface area contributed by atoms with E-state index in [2.05, 4.69) is 21.7 Å². The Morgan fingerprint density at radius 1 is 1.55 bits per heavy atom. The highest BCUT2D eigenvalue weighted by Gasteiger charge is 2.00. The van der Waals surface area contributed by atoms with E-state index in [0.717, 1.165) is 15.9 Å². The van der Waals surface area contributed by atoms with Gasteiger partial charge in [0.1, 0.15) is 11.4 Å². The third kappa shape index (κ3) is 2.20. The van der Waals surface area contributed by atoms with Crippen molar-refractivity contribution in [3.05, 3.63) is 22.7 Å². The minimum atomic E-state index is 0.683.